The molecule has 1 aromatic carbocycles. The monoisotopic (exact) mass is 331 g/mol. The van der Waals surface area contributed by atoms with Crippen molar-refractivity contribution in [1.82, 2.24) is 5.32 Å². The number of nitrogens with one attached hydrogen (secondary N) is 1. The van der Waals surface area contributed by atoms with Gasteiger partial charge in [-0.25, -0.2) is 9.59 Å². The molecule has 1 aliphatic heterocycles. The lowest BCUT2D eigenvalue weighted by Crippen LogP contribution is -2.59. The Labute approximate surface area is 140 Å². The highest BCUT2D eigenvalue weighted by atomic mass is 16.6. The molecule has 1 amide bonds. The second kappa shape index (κ2) is 6.63. The molecule has 1 atom stereocenters. The summed E-state index contributed by atoms with van der Waals surface area (Å²) in [7, 11) is 1.32. The number of hydrogen-bond acceptors (Lipinski definition) is 5. The topological polar surface area (TPSA) is 81.7 Å². The number of esters is 2. The smallest absolute Gasteiger partial charge is 0.339 e. The predicted octanol–water partition coefficient (Wildman–Crippen LogP) is 1.76. The average Bonchev–Trinajstić information content (AvgIpc) is 2.61. The standard InChI is InChI=1S/C18H21NO5/c1-23-17(22)18(9-5-2-6-10-18)19-15(20)14-11-12-7-3-4-8-13(12)16(21)24-14/h3-4,7-8,14H,2,5-6,9-11H2,1H3,(H,19,20)/t14-/m0/s1. The van der Waals surface area contributed by atoms with Crippen molar-refractivity contribution in [3.63, 3.8) is 0 Å². The van der Waals surface area contributed by atoms with Gasteiger partial charge in [0.05, 0.1) is 12.7 Å². The molecule has 6 heteroatoms. The maximum absolute atomic E-state index is 12.7. The van der Waals surface area contributed by atoms with Gasteiger partial charge in [0.25, 0.3) is 5.91 Å². The van der Waals surface area contributed by atoms with Crippen molar-refractivity contribution >= 4 is 17.8 Å². The first-order valence-corrected chi connectivity index (χ1v) is 8.25. The van der Waals surface area contributed by atoms with Crippen LogP contribution in [0.25, 0.3) is 0 Å². The lowest BCUT2D eigenvalue weighted by atomic mass is 9.81. The number of rotatable bonds is 3. The highest BCUT2D eigenvalue weighted by Crippen LogP contribution is 2.30. The molecule has 1 N–H and O–H groups in total. The molecule has 1 fully saturated rings. The number of methoxy groups -OCH3 is 1. The fraction of sp³-hybridized carbons (Fsp3) is 0.500. The van der Waals surface area contributed by atoms with Crippen molar-refractivity contribution < 1.29 is 23.9 Å². The molecular formula is C18H21NO5. The minimum Gasteiger partial charge on any atom is -0.467 e. The van der Waals surface area contributed by atoms with Gasteiger partial charge in [-0.15, -0.1) is 0 Å². The third kappa shape index (κ3) is 3.00. The van der Waals surface area contributed by atoms with Crippen molar-refractivity contribution in [2.45, 2.75) is 50.2 Å². The zero-order valence-corrected chi connectivity index (χ0v) is 13.7. The van der Waals surface area contributed by atoms with Crippen LogP contribution in [0.4, 0.5) is 0 Å². The number of benzene rings is 1. The van der Waals surface area contributed by atoms with E-state index in [1.54, 1.807) is 12.1 Å². The van der Waals surface area contributed by atoms with Crippen LogP contribution in [-0.4, -0.2) is 36.6 Å². The highest BCUT2D eigenvalue weighted by Gasteiger charge is 2.44. The van der Waals surface area contributed by atoms with Crippen LogP contribution in [-0.2, 0) is 25.5 Å². The summed E-state index contributed by atoms with van der Waals surface area (Å²) in [5, 5.41) is 2.81. The van der Waals surface area contributed by atoms with Crippen LogP contribution in [0.15, 0.2) is 24.3 Å². The van der Waals surface area contributed by atoms with Gasteiger partial charge >= 0.3 is 11.9 Å². The van der Waals surface area contributed by atoms with E-state index in [0.29, 0.717) is 24.8 Å². The molecule has 6 nitrogen and oxygen atoms in total. The summed E-state index contributed by atoms with van der Waals surface area (Å²) in [4.78, 5) is 36.9. The molecule has 0 unspecified atom stereocenters. The Balaban J connectivity index is 1.77. The predicted molar refractivity (Wildman–Crippen MR) is 85.3 cm³/mol. The third-order valence-electron chi connectivity index (χ3n) is 4.83. The maximum Gasteiger partial charge on any atom is 0.339 e. The van der Waals surface area contributed by atoms with Crippen molar-refractivity contribution in [2.75, 3.05) is 7.11 Å². The largest absolute Gasteiger partial charge is 0.467 e. The molecule has 1 heterocycles. The van der Waals surface area contributed by atoms with E-state index in [4.69, 9.17) is 9.47 Å². The number of carbonyl (C=O) groups excluding carboxylic acids is 3. The highest BCUT2D eigenvalue weighted by molar-refractivity contribution is 5.97. The van der Waals surface area contributed by atoms with Crippen molar-refractivity contribution in [3.05, 3.63) is 35.4 Å². The van der Waals surface area contributed by atoms with Crippen molar-refractivity contribution in [2.24, 2.45) is 0 Å². The van der Waals surface area contributed by atoms with Gasteiger partial charge in [0.1, 0.15) is 5.54 Å². The van der Waals surface area contributed by atoms with Crippen LogP contribution in [0, 0.1) is 0 Å². The first-order valence-electron chi connectivity index (χ1n) is 8.25. The quantitative estimate of drug-likeness (QED) is 0.854. The summed E-state index contributed by atoms with van der Waals surface area (Å²) >= 11 is 0. The van der Waals surface area contributed by atoms with Gasteiger partial charge in [-0.05, 0) is 24.5 Å². The van der Waals surface area contributed by atoms with Gasteiger partial charge in [0.15, 0.2) is 6.10 Å². The molecular weight excluding hydrogens is 310 g/mol. The molecule has 1 saturated carbocycles. The summed E-state index contributed by atoms with van der Waals surface area (Å²) in [5.74, 6) is -1.38. The first kappa shape index (κ1) is 16.5. The molecule has 2 aliphatic rings. The first-order chi connectivity index (χ1) is 11.6. The van der Waals surface area contributed by atoms with Crippen molar-refractivity contribution in [3.8, 4) is 0 Å². The van der Waals surface area contributed by atoms with E-state index in [0.717, 1.165) is 24.8 Å². The summed E-state index contributed by atoms with van der Waals surface area (Å²) in [6.45, 7) is 0. The molecule has 3 rings (SSSR count). The van der Waals surface area contributed by atoms with Gasteiger partial charge in [0.2, 0.25) is 0 Å². The molecule has 0 aromatic heterocycles. The summed E-state index contributed by atoms with van der Waals surface area (Å²) in [5.41, 5.74) is 0.263. The molecule has 1 aliphatic carbocycles. The SMILES string of the molecule is COC(=O)C1(NC(=O)[C@@H]2Cc3ccccc3C(=O)O2)CCCCC1. The number of ether oxygens (including phenoxy) is 2. The van der Waals surface area contributed by atoms with Crippen LogP contribution < -0.4 is 5.32 Å². The summed E-state index contributed by atoms with van der Waals surface area (Å²) in [6, 6.07) is 7.08. The van der Waals surface area contributed by atoms with Crippen LogP contribution >= 0.6 is 0 Å². The van der Waals surface area contributed by atoms with Crippen LogP contribution in [0.1, 0.15) is 48.0 Å². The summed E-state index contributed by atoms with van der Waals surface area (Å²) < 4.78 is 10.2. The Hall–Kier alpha value is -2.37. The minimum atomic E-state index is -1.01. The third-order valence-corrected chi connectivity index (χ3v) is 4.83. The normalized spacial score (nSPS) is 22.0. The van der Waals surface area contributed by atoms with Gasteiger partial charge < -0.3 is 14.8 Å². The minimum absolute atomic E-state index is 0.311. The van der Waals surface area contributed by atoms with Gasteiger partial charge in [-0.2, -0.15) is 0 Å². The lowest BCUT2D eigenvalue weighted by molar-refractivity contribution is -0.154. The van der Waals surface area contributed by atoms with E-state index in [9.17, 15) is 14.4 Å². The molecule has 1 aromatic rings. The number of cyclic esters (lactones) is 1. The zero-order chi connectivity index (χ0) is 17.2. The fourth-order valence-corrected chi connectivity index (χ4v) is 3.52. The summed E-state index contributed by atoms with van der Waals surface area (Å²) in [6.07, 6.45) is 3.21. The van der Waals surface area contributed by atoms with Gasteiger partial charge in [-0.1, -0.05) is 37.5 Å². The van der Waals surface area contributed by atoms with Crippen LogP contribution in [0.2, 0.25) is 0 Å². The van der Waals surface area contributed by atoms with E-state index in [-0.39, 0.29) is 0 Å². The number of fused-ring (bicyclic) bond motifs is 1. The molecule has 0 radical (unpaired) electrons. The zero-order valence-electron chi connectivity index (χ0n) is 13.7. The average molecular weight is 331 g/mol. The molecule has 24 heavy (non-hydrogen) atoms. The Kier molecular flexibility index (Phi) is 4.55. The molecule has 0 spiro atoms. The maximum atomic E-state index is 12.7. The molecule has 0 saturated heterocycles. The fourth-order valence-electron chi connectivity index (χ4n) is 3.52. The Morgan fingerprint density at radius 2 is 1.92 bits per heavy atom. The Morgan fingerprint density at radius 1 is 1.21 bits per heavy atom. The molecule has 128 valence electrons. The second-order valence-corrected chi connectivity index (χ2v) is 6.38. The van der Waals surface area contributed by atoms with Crippen LogP contribution in [0.3, 0.4) is 0 Å². The van der Waals surface area contributed by atoms with E-state index in [2.05, 4.69) is 5.32 Å². The Morgan fingerprint density at radius 3 is 2.62 bits per heavy atom. The number of carbonyl (C=O) groups is 3. The molecule has 0 bridgehead atoms. The van der Waals surface area contributed by atoms with Gasteiger partial charge in [-0.3, -0.25) is 4.79 Å². The van der Waals surface area contributed by atoms with E-state index >= 15 is 0 Å². The van der Waals surface area contributed by atoms with Crippen molar-refractivity contribution in [1.29, 1.82) is 0 Å². The number of hydrogen-bond donors (Lipinski definition) is 1. The van der Waals surface area contributed by atoms with E-state index < -0.39 is 29.5 Å². The number of amides is 1. The van der Waals surface area contributed by atoms with Gasteiger partial charge in [0, 0.05) is 6.42 Å². The lowest BCUT2D eigenvalue weighted by Gasteiger charge is -2.36. The second-order valence-electron chi connectivity index (χ2n) is 6.38. The van der Waals surface area contributed by atoms with E-state index in [1.165, 1.54) is 7.11 Å². The van der Waals surface area contributed by atoms with Crippen LogP contribution in [0.5, 0.6) is 0 Å². The van der Waals surface area contributed by atoms with E-state index in [1.807, 2.05) is 12.1 Å². The Bertz CT molecular complexity index is 663.